The fourth-order valence-corrected chi connectivity index (χ4v) is 3.37. The monoisotopic (exact) mass is 363 g/mol. The van der Waals surface area contributed by atoms with Gasteiger partial charge in [0.2, 0.25) is 5.91 Å². The number of hydrogen-bond donors (Lipinski definition) is 1. The zero-order valence-corrected chi connectivity index (χ0v) is 15.7. The van der Waals surface area contributed by atoms with E-state index in [-0.39, 0.29) is 24.7 Å². The Kier molecular flexibility index (Phi) is 7.06. The Labute approximate surface area is 153 Å². The van der Waals surface area contributed by atoms with E-state index in [0.717, 1.165) is 35.9 Å². The van der Waals surface area contributed by atoms with E-state index in [1.165, 1.54) is 12.8 Å². The van der Waals surface area contributed by atoms with E-state index < -0.39 is 5.97 Å². The molecule has 4 nitrogen and oxygen atoms in total. The van der Waals surface area contributed by atoms with Crippen LogP contribution in [0, 0.1) is 5.92 Å². The summed E-state index contributed by atoms with van der Waals surface area (Å²) >= 11 is 6.12. The maximum atomic E-state index is 12.9. The maximum Gasteiger partial charge on any atom is 0.303 e. The van der Waals surface area contributed by atoms with Crippen LogP contribution in [0.15, 0.2) is 24.3 Å². The average Bonchev–Trinajstić information content (AvgIpc) is 2.88. The lowest BCUT2D eigenvalue weighted by molar-refractivity contribution is -0.137. The van der Waals surface area contributed by atoms with E-state index in [9.17, 15) is 9.59 Å². The van der Waals surface area contributed by atoms with Crippen LogP contribution in [0.4, 0.5) is 0 Å². The van der Waals surface area contributed by atoms with E-state index in [1.807, 2.05) is 18.2 Å². The van der Waals surface area contributed by atoms with Crippen molar-refractivity contribution >= 4 is 34.4 Å². The molecular formula is C20H26ClNO3. The van der Waals surface area contributed by atoms with Crippen molar-refractivity contribution in [3.05, 3.63) is 35.0 Å². The first-order valence-corrected chi connectivity index (χ1v) is 9.35. The SMILES string of the molecule is CCCCCCc1cc2ccc(Cl)cc2n1C(=O)C[C@@H](C)CC(=O)O. The van der Waals surface area contributed by atoms with Crippen molar-refractivity contribution in [1.82, 2.24) is 4.57 Å². The molecule has 1 aromatic carbocycles. The highest BCUT2D eigenvalue weighted by molar-refractivity contribution is 6.31. The first-order valence-electron chi connectivity index (χ1n) is 8.97. The van der Waals surface area contributed by atoms with Gasteiger partial charge in [0, 0.05) is 28.9 Å². The molecule has 0 fully saturated rings. The highest BCUT2D eigenvalue weighted by atomic mass is 35.5. The third-order valence-electron chi connectivity index (χ3n) is 4.42. The molecule has 0 unspecified atom stereocenters. The molecule has 0 amide bonds. The van der Waals surface area contributed by atoms with E-state index >= 15 is 0 Å². The van der Waals surface area contributed by atoms with E-state index in [1.54, 1.807) is 11.5 Å². The highest BCUT2D eigenvalue weighted by Crippen LogP contribution is 2.26. The fraction of sp³-hybridized carbons (Fsp3) is 0.500. The number of rotatable bonds is 9. The number of nitrogens with zero attached hydrogens (tertiary/aromatic N) is 1. The van der Waals surface area contributed by atoms with Gasteiger partial charge in [0.25, 0.3) is 0 Å². The van der Waals surface area contributed by atoms with Crippen molar-refractivity contribution in [2.75, 3.05) is 0 Å². The number of unbranched alkanes of at least 4 members (excludes halogenated alkanes) is 3. The minimum atomic E-state index is -0.875. The van der Waals surface area contributed by atoms with Gasteiger partial charge in [-0.15, -0.1) is 0 Å². The van der Waals surface area contributed by atoms with E-state index in [0.29, 0.717) is 5.02 Å². The molecule has 1 N–H and O–H groups in total. The number of carbonyl (C=O) groups excluding carboxylic acids is 1. The van der Waals surface area contributed by atoms with Crippen LogP contribution in [-0.2, 0) is 11.2 Å². The highest BCUT2D eigenvalue weighted by Gasteiger charge is 2.19. The van der Waals surface area contributed by atoms with Crippen molar-refractivity contribution in [1.29, 1.82) is 0 Å². The lowest BCUT2D eigenvalue weighted by atomic mass is 10.0. The summed E-state index contributed by atoms with van der Waals surface area (Å²) in [5.74, 6) is -1.13. The second-order valence-electron chi connectivity index (χ2n) is 6.79. The summed E-state index contributed by atoms with van der Waals surface area (Å²) in [6, 6.07) is 7.62. The van der Waals surface area contributed by atoms with Gasteiger partial charge in [-0.1, -0.05) is 50.8 Å². The van der Waals surface area contributed by atoms with E-state index in [2.05, 4.69) is 13.0 Å². The Morgan fingerprint density at radius 3 is 2.60 bits per heavy atom. The van der Waals surface area contributed by atoms with Crippen LogP contribution in [0.1, 0.15) is 62.9 Å². The molecule has 5 heteroatoms. The summed E-state index contributed by atoms with van der Waals surface area (Å²) in [6.07, 6.45) is 5.59. The Hall–Kier alpha value is -1.81. The Balaban J connectivity index is 2.28. The van der Waals surface area contributed by atoms with Gasteiger partial charge in [-0.05, 0) is 37.0 Å². The van der Waals surface area contributed by atoms with Gasteiger partial charge in [-0.3, -0.25) is 14.2 Å². The molecule has 0 aliphatic heterocycles. The average molecular weight is 364 g/mol. The number of aryl methyl sites for hydroxylation is 1. The molecular weight excluding hydrogens is 338 g/mol. The van der Waals surface area contributed by atoms with Gasteiger partial charge in [-0.25, -0.2) is 0 Å². The number of carbonyl (C=O) groups is 2. The number of halogens is 1. The molecule has 0 saturated heterocycles. The van der Waals surface area contributed by atoms with Crippen LogP contribution < -0.4 is 0 Å². The quantitative estimate of drug-likeness (QED) is 0.593. The summed E-state index contributed by atoms with van der Waals surface area (Å²) in [7, 11) is 0. The first-order chi connectivity index (χ1) is 11.9. The first kappa shape index (κ1) is 19.5. The molecule has 2 aromatic rings. The lowest BCUT2D eigenvalue weighted by Gasteiger charge is -2.13. The molecule has 25 heavy (non-hydrogen) atoms. The van der Waals surface area contributed by atoms with Crippen molar-refractivity contribution in [3.8, 4) is 0 Å². The predicted molar refractivity (Wildman–Crippen MR) is 101 cm³/mol. The van der Waals surface area contributed by atoms with Crippen LogP contribution in [0.5, 0.6) is 0 Å². The van der Waals surface area contributed by atoms with Crippen LogP contribution in [0.3, 0.4) is 0 Å². The van der Waals surface area contributed by atoms with Crippen LogP contribution in [0.25, 0.3) is 10.9 Å². The molecule has 2 rings (SSSR count). The van der Waals surface area contributed by atoms with Crippen LogP contribution in [-0.4, -0.2) is 21.6 Å². The number of carboxylic acids is 1. The number of aliphatic carboxylic acids is 1. The second kappa shape index (κ2) is 9.04. The number of carboxylic acid groups (broad SMARTS) is 1. The van der Waals surface area contributed by atoms with Crippen molar-refractivity contribution in [2.45, 2.75) is 58.8 Å². The van der Waals surface area contributed by atoms with Gasteiger partial charge < -0.3 is 5.11 Å². The number of hydrogen-bond acceptors (Lipinski definition) is 2. The zero-order valence-electron chi connectivity index (χ0n) is 14.9. The minimum absolute atomic E-state index is 0.00245. The largest absolute Gasteiger partial charge is 0.481 e. The van der Waals surface area contributed by atoms with Gasteiger partial charge in [0.1, 0.15) is 0 Å². The topological polar surface area (TPSA) is 59.3 Å². The molecule has 1 aromatic heterocycles. The van der Waals surface area contributed by atoms with Gasteiger partial charge >= 0.3 is 5.97 Å². The fourth-order valence-electron chi connectivity index (χ4n) is 3.20. The van der Waals surface area contributed by atoms with Gasteiger partial charge in [0.05, 0.1) is 5.52 Å². The standard InChI is InChI=1S/C20H26ClNO3/c1-3-4-5-6-7-17-12-15-8-9-16(21)13-18(15)22(17)19(23)10-14(2)11-20(24)25/h8-9,12-14H,3-7,10-11H2,1-2H3,(H,24,25)/t14-/m1/s1. The minimum Gasteiger partial charge on any atom is -0.481 e. The van der Waals surface area contributed by atoms with Crippen molar-refractivity contribution < 1.29 is 14.7 Å². The van der Waals surface area contributed by atoms with Crippen LogP contribution >= 0.6 is 11.6 Å². The Morgan fingerprint density at radius 2 is 1.92 bits per heavy atom. The van der Waals surface area contributed by atoms with Crippen LogP contribution in [0.2, 0.25) is 5.02 Å². The predicted octanol–water partition coefficient (Wildman–Crippen LogP) is 5.56. The molecule has 0 saturated carbocycles. The third kappa shape index (κ3) is 5.33. The summed E-state index contributed by atoms with van der Waals surface area (Å²) < 4.78 is 1.74. The molecule has 136 valence electrons. The zero-order chi connectivity index (χ0) is 18.4. The Morgan fingerprint density at radius 1 is 1.16 bits per heavy atom. The smallest absolute Gasteiger partial charge is 0.303 e. The molecule has 1 atom stereocenters. The molecule has 0 aliphatic carbocycles. The molecule has 0 aliphatic rings. The molecule has 1 heterocycles. The molecule has 0 bridgehead atoms. The summed E-state index contributed by atoms with van der Waals surface area (Å²) in [6.45, 7) is 3.97. The van der Waals surface area contributed by atoms with E-state index in [4.69, 9.17) is 16.7 Å². The lowest BCUT2D eigenvalue weighted by Crippen LogP contribution is -2.18. The number of benzene rings is 1. The number of fused-ring (bicyclic) bond motifs is 1. The van der Waals surface area contributed by atoms with Crippen molar-refractivity contribution in [2.24, 2.45) is 5.92 Å². The normalized spacial score (nSPS) is 12.4. The third-order valence-corrected chi connectivity index (χ3v) is 4.66. The summed E-state index contributed by atoms with van der Waals surface area (Å²) in [5.41, 5.74) is 1.80. The Bertz CT molecular complexity index is 751. The number of aromatic nitrogens is 1. The maximum absolute atomic E-state index is 12.9. The summed E-state index contributed by atoms with van der Waals surface area (Å²) in [5, 5.41) is 10.5. The molecule has 0 spiro atoms. The summed E-state index contributed by atoms with van der Waals surface area (Å²) in [4.78, 5) is 23.7. The van der Waals surface area contributed by atoms with Gasteiger partial charge in [0.15, 0.2) is 0 Å². The van der Waals surface area contributed by atoms with Crippen molar-refractivity contribution in [3.63, 3.8) is 0 Å². The molecule has 0 radical (unpaired) electrons. The second-order valence-corrected chi connectivity index (χ2v) is 7.22. The van der Waals surface area contributed by atoms with Gasteiger partial charge in [-0.2, -0.15) is 0 Å².